The first-order valence-corrected chi connectivity index (χ1v) is 8.09. The first-order valence-electron chi connectivity index (χ1n) is 7.71. The Kier molecular flexibility index (Phi) is 2.83. The van der Waals surface area contributed by atoms with E-state index in [0.29, 0.717) is 5.02 Å². The van der Waals surface area contributed by atoms with E-state index in [1.807, 2.05) is 18.2 Å². The molecule has 3 aromatic rings. The number of hydrogen-bond donors (Lipinski definition) is 0. The fourth-order valence-electron chi connectivity index (χ4n) is 3.39. The molecular weight excluding hydrogens is 308 g/mol. The van der Waals surface area contributed by atoms with E-state index >= 15 is 0 Å². The standard InChI is InChI=1S/C18H20ClN4/c1-18(2)22(4)16-9-13-15(10-17(16)23(18)5)21(3)14-7-6-11(19)8-12(14)20-13/h6-10H,1-5H3/q+1. The summed E-state index contributed by atoms with van der Waals surface area (Å²) in [6.45, 7) is 4.45. The second-order valence-corrected chi connectivity index (χ2v) is 7.18. The van der Waals surface area contributed by atoms with Gasteiger partial charge in [0.05, 0.1) is 11.4 Å². The van der Waals surface area contributed by atoms with Crippen molar-refractivity contribution in [3.8, 4) is 0 Å². The zero-order chi connectivity index (χ0) is 16.5. The predicted octanol–water partition coefficient (Wildman–Crippen LogP) is 3.49. The van der Waals surface area contributed by atoms with Gasteiger partial charge in [0.2, 0.25) is 11.0 Å². The molecule has 118 valence electrons. The van der Waals surface area contributed by atoms with Crippen LogP contribution < -0.4 is 14.4 Å². The minimum Gasteiger partial charge on any atom is -0.350 e. The molecule has 0 unspecified atom stereocenters. The largest absolute Gasteiger partial charge is 0.350 e. The van der Waals surface area contributed by atoms with Crippen LogP contribution in [-0.2, 0) is 7.05 Å². The summed E-state index contributed by atoms with van der Waals surface area (Å²) in [6.07, 6.45) is 0. The number of aromatic nitrogens is 2. The van der Waals surface area contributed by atoms with Crippen LogP contribution in [0.15, 0.2) is 30.3 Å². The normalized spacial score (nSPS) is 16.4. The van der Waals surface area contributed by atoms with Gasteiger partial charge in [0, 0.05) is 31.3 Å². The van der Waals surface area contributed by atoms with E-state index in [2.05, 4.69) is 61.5 Å². The lowest BCUT2D eigenvalue weighted by Crippen LogP contribution is -2.48. The molecule has 0 saturated heterocycles. The van der Waals surface area contributed by atoms with Crippen LogP contribution in [0.2, 0.25) is 5.02 Å². The Morgan fingerprint density at radius 3 is 2.26 bits per heavy atom. The van der Waals surface area contributed by atoms with Crippen molar-refractivity contribution in [3.63, 3.8) is 0 Å². The van der Waals surface area contributed by atoms with Crippen LogP contribution in [-0.4, -0.2) is 24.7 Å². The highest BCUT2D eigenvalue weighted by Gasteiger charge is 2.39. The average molecular weight is 328 g/mol. The summed E-state index contributed by atoms with van der Waals surface area (Å²) in [5, 5.41) is 0.712. The van der Waals surface area contributed by atoms with E-state index in [-0.39, 0.29) is 5.66 Å². The average Bonchev–Trinajstić information content (AvgIpc) is 2.67. The van der Waals surface area contributed by atoms with E-state index in [1.165, 1.54) is 11.4 Å². The van der Waals surface area contributed by atoms with Crippen molar-refractivity contribution in [1.29, 1.82) is 0 Å². The van der Waals surface area contributed by atoms with Gasteiger partial charge in [-0.2, -0.15) is 4.57 Å². The van der Waals surface area contributed by atoms with Crippen LogP contribution in [0.5, 0.6) is 0 Å². The van der Waals surface area contributed by atoms with Crippen molar-refractivity contribution in [2.45, 2.75) is 19.5 Å². The van der Waals surface area contributed by atoms with Crippen molar-refractivity contribution in [3.05, 3.63) is 35.4 Å². The molecule has 1 aromatic heterocycles. The Morgan fingerprint density at radius 1 is 0.957 bits per heavy atom. The summed E-state index contributed by atoms with van der Waals surface area (Å²) in [5.74, 6) is 0. The summed E-state index contributed by atoms with van der Waals surface area (Å²) < 4.78 is 2.19. The Morgan fingerprint density at radius 2 is 1.57 bits per heavy atom. The SMILES string of the molecule is CN1c2cc3nc4cc(Cl)ccc4[n+](C)c3cc2N(C)C1(C)C. The number of hydrogen-bond acceptors (Lipinski definition) is 3. The van der Waals surface area contributed by atoms with Gasteiger partial charge in [-0.25, -0.2) is 4.98 Å². The fraction of sp³-hybridized carbons (Fsp3) is 0.333. The smallest absolute Gasteiger partial charge is 0.233 e. The van der Waals surface area contributed by atoms with E-state index in [9.17, 15) is 0 Å². The molecule has 0 aliphatic carbocycles. The maximum absolute atomic E-state index is 6.13. The molecular formula is C18H20ClN4+. The van der Waals surface area contributed by atoms with Crippen LogP contribution >= 0.6 is 11.6 Å². The van der Waals surface area contributed by atoms with E-state index in [4.69, 9.17) is 16.6 Å². The van der Waals surface area contributed by atoms with Crippen LogP contribution in [0.1, 0.15) is 13.8 Å². The molecule has 0 saturated carbocycles. The Bertz CT molecular complexity index is 964. The summed E-state index contributed by atoms with van der Waals surface area (Å²) >= 11 is 6.13. The minimum atomic E-state index is -0.0546. The first kappa shape index (κ1) is 14.5. The van der Waals surface area contributed by atoms with Gasteiger partial charge in [0.1, 0.15) is 23.7 Å². The van der Waals surface area contributed by atoms with Crippen molar-refractivity contribution < 1.29 is 4.57 Å². The molecule has 0 spiro atoms. The van der Waals surface area contributed by atoms with Gasteiger partial charge in [0.25, 0.3) is 0 Å². The number of rotatable bonds is 0. The Labute approximate surface area is 140 Å². The molecule has 0 fully saturated rings. The molecule has 1 aliphatic rings. The molecule has 5 heteroatoms. The highest BCUT2D eigenvalue weighted by atomic mass is 35.5. The number of anilines is 2. The molecule has 0 radical (unpaired) electrons. The topological polar surface area (TPSA) is 23.2 Å². The number of fused-ring (bicyclic) bond motifs is 3. The summed E-state index contributed by atoms with van der Waals surface area (Å²) in [5.41, 5.74) is 6.49. The first-order chi connectivity index (χ1) is 10.8. The number of halogens is 1. The van der Waals surface area contributed by atoms with Crippen LogP contribution in [0, 0.1) is 0 Å². The van der Waals surface area contributed by atoms with E-state index in [0.717, 1.165) is 22.1 Å². The molecule has 0 amide bonds. The summed E-state index contributed by atoms with van der Waals surface area (Å²) in [6, 6.07) is 10.3. The van der Waals surface area contributed by atoms with E-state index < -0.39 is 0 Å². The van der Waals surface area contributed by atoms with Crippen molar-refractivity contribution >= 4 is 45.0 Å². The highest BCUT2D eigenvalue weighted by Crippen LogP contribution is 2.44. The molecule has 0 N–H and O–H groups in total. The quantitative estimate of drug-likeness (QED) is 0.466. The molecule has 2 heterocycles. The highest BCUT2D eigenvalue weighted by molar-refractivity contribution is 6.31. The number of benzene rings is 2. The number of nitrogens with zero attached hydrogens (tertiary/aromatic N) is 4. The zero-order valence-electron chi connectivity index (χ0n) is 14.1. The molecule has 4 rings (SSSR count). The third kappa shape index (κ3) is 1.84. The van der Waals surface area contributed by atoms with Crippen molar-refractivity contribution in [2.24, 2.45) is 7.05 Å². The van der Waals surface area contributed by atoms with Gasteiger partial charge in [-0.3, -0.25) is 0 Å². The van der Waals surface area contributed by atoms with Crippen LogP contribution in [0.4, 0.5) is 11.4 Å². The molecule has 4 nitrogen and oxygen atoms in total. The minimum absolute atomic E-state index is 0.0546. The lowest BCUT2D eigenvalue weighted by molar-refractivity contribution is -0.617. The Balaban J connectivity index is 2.09. The van der Waals surface area contributed by atoms with Gasteiger partial charge in [0.15, 0.2) is 0 Å². The fourth-order valence-corrected chi connectivity index (χ4v) is 3.56. The monoisotopic (exact) mass is 327 g/mol. The maximum Gasteiger partial charge on any atom is 0.233 e. The lowest BCUT2D eigenvalue weighted by atomic mass is 10.2. The van der Waals surface area contributed by atoms with Crippen LogP contribution in [0.3, 0.4) is 0 Å². The molecule has 1 aliphatic heterocycles. The molecule has 23 heavy (non-hydrogen) atoms. The van der Waals surface area contributed by atoms with Gasteiger partial charge in [-0.05, 0) is 32.0 Å². The second kappa shape index (κ2) is 4.48. The van der Waals surface area contributed by atoms with Crippen LogP contribution in [0.25, 0.3) is 22.1 Å². The number of aryl methyl sites for hydroxylation is 1. The predicted molar refractivity (Wildman–Crippen MR) is 96.3 cm³/mol. The van der Waals surface area contributed by atoms with Gasteiger partial charge in [-0.15, -0.1) is 0 Å². The summed E-state index contributed by atoms with van der Waals surface area (Å²) in [7, 11) is 6.35. The van der Waals surface area contributed by atoms with Gasteiger partial charge >= 0.3 is 0 Å². The third-order valence-corrected chi connectivity index (χ3v) is 5.57. The third-order valence-electron chi connectivity index (χ3n) is 5.34. The zero-order valence-corrected chi connectivity index (χ0v) is 14.8. The van der Waals surface area contributed by atoms with Crippen molar-refractivity contribution in [2.75, 3.05) is 23.9 Å². The maximum atomic E-state index is 6.13. The van der Waals surface area contributed by atoms with Crippen molar-refractivity contribution in [1.82, 2.24) is 4.98 Å². The van der Waals surface area contributed by atoms with Gasteiger partial charge in [-0.1, -0.05) is 11.6 Å². The van der Waals surface area contributed by atoms with Gasteiger partial charge < -0.3 is 9.80 Å². The van der Waals surface area contributed by atoms with E-state index in [1.54, 1.807) is 0 Å². The Hall–Kier alpha value is -2.07. The second-order valence-electron chi connectivity index (χ2n) is 6.75. The molecule has 0 atom stereocenters. The lowest BCUT2D eigenvalue weighted by Gasteiger charge is -2.36. The molecule has 0 bridgehead atoms. The molecule has 2 aromatic carbocycles. The summed E-state index contributed by atoms with van der Waals surface area (Å²) in [4.78, 5) is 9.44.